The molecule has 0 saturated heterocycles. The van der Waals surface area contributed by atoms with Crippen molar-refractivity contribution in [3.8, 4) is 0 Å². The van der Waals surface area contributed by atoms with Crippen LogP contribution in [0.2, 0.25) is 0 Å². The Hall–Kier alpha value is -0.580. The third kappa shape index (κ3) is 2.18. The molecule has 0 aliphatic carbocycles. The largest absolute Gasteiger partial charge is 0.391 e. The van der Waals surface area contributed by atoms with Crippen LogP contribution in [0.5, 0.6) is 0 Å². The quantitative estimate of drug-likeness (QED) is 0.727. The fourth-order valence-electron chi connectivity index (χ4n) is 0.734. The van der Waals surface area contributed by atoms with Crippen LogP contribution in [0.3, 0.4) is 0 Å². The highest BCUT2D eigenvalue weighted by Gasteiger charge is 2.03. The van der Waals surface area contributed by atoms with Crippen molar-refractivity contribution in [1.82, 2.24) is 0 Å². The standard InChI is InChI=1S/C8H7IO2/c1-6-2-4-7(5-3-6)8(10)11-9/h2-5H,1H3. The van der Waals surface area contributed by atoms with Gasteiger partial charge >= 0.3 is 5.97 Å². The summed E-state index contributed by atoms with van der Waals surface area (Å²) in [6.07, 6.45) is 0. The van der Waals surface area contributed by atoms with Crippen LogP contribution in [-0.2, 0) is 3.07 Å². The van der Waals surface area contributed by atoms with E-state index in [4.69, 9.17) is 0 Å². The SMILES string of the molecule is Cc1ccc(C(=O)OI)cc1. The van der Waals surface area contributed by atoms with E-state index in [0.29, 0.717) is 5.56 Å². The zero-order chi connectivity index (χ0) is 8.27. The first kappa shape index (κ1) is 8.52. The molecular weight excluding hydrogens is 255 g/mol. The first-order chi connectivity index (χ1) is 5.24. The van der Waals surface area contributed by atoms with Gasteiger partial charge in [0, 0.05) is 0 Å². The summed E-state index contributed by atoms with van der Waals surface area (Å²) in [5, 5.41) is 0. The molecule has 0 N–H and O–H groups in total. The molecule has 1 aromatic carbocycles. The molecule has 0 radical (unpaired) electrons. The van der Waals surface area contributed by atoms with E-state index in [1.807, 2.05) is 19.1 Å². The van der Waals surface area contributed by atoms with Gasteiger partial charge in [0.05, 0.1) is 5.56 Å². The Labute approximate surface area is 79.2 Å². The second kappa shape index (κ2) is 3.71. The number of halogens is 1. The van der Waals surface area contributed by atoms with Crippen LogP contribution in [-0.4, -0.2) is 5.97 Å². The van der Waals surface area contributed by atoms with E-state index in [-0.39, 0.29) is 5.97 Å². The third-order valence-corrected chi connectivity index (χ3v) is 1.76. The van der Waals surface area contributed by atoms with Gasteiger partial charge in [0.2, 0.25) is 0 Å². The minimum absolute atomic E-state index is 0.300. The molecule has 3 heteroatoms. The number of carbonyl (C=O) groups excluding carboxylic acids is 1. The van der Waals surface area contributed by atoms with Crippen LogP contribution in [0.25, 0.3) is 0 Å². The predicted molar refractivity (Wildman–Crippen MR) is 50.6 cm³/mol. The van der Waals surface area contributed by atoms with Crippen LogP contribution < -0.4 is 0 Å². The number of benzene rings is 1. The van der Waals surface area contributed by atoms with E-state index in [9.17, 15) is 4.79 Å². The van der Waals surface area contributed by atoms with Crippen molar-refractivity contribution in [2.75, 3.05) is 0 Å². The molecule has 0 saturated carbocycles. The van der Waals surface area contributed by atoms with Gasteiger partial charge in [-0.3, -0.25) is 0 Å². The molecule has 2 nitrogen and oxygen atoms in total. The van der Waals surface area contributed by atoms with Crippen molar-refractivity contribution in [2.24, 2.45) is 0 Å². The summed E-state index contributed by atoms with van der Waals surface area (Å²) in [5.74, 6) is -0.300. The Kier molecular flexibility index (Phi) is 2.87. The molecule has 0 fully saturated rings. The number of hydrogen-bond donors (Lipinski definition) is 0. The highest BCUT2D eigenvalue weighted by atomic mass is 127. The Morgan fingerprint density at radius 2 is 1.91 bits per heavy atom. The first-order valence-electron chi connectivity index (χ1n) is 3.13. The normalized spacial score (nSPS) is 9.27. The zero-order valence-electron chi connectivity index (χ0n) is 6.00. The smallest absolute Gasteiger partial charge is 0.347 e. The topological polar surface area (TPSA) is 26.3 Å². The summed E-state index contributed by atoms with van der Waals surface area (Å²) in [5.41, 5.74) is 1.72. The average Bonchev–Trinajstić information content (AvgIpc) is 2.05. The lowest BCUT2D eigenvalue weighted by atomic mass is 10.2. The average molecular weight is 262 g/mol. The molecule has 0 aliphatic rings. The van der Waals surface area contributed by atoms with Gasteiger partial charge in [0.25, 0.3) is 0 Å². The number of hydrogen-bond acceptors (Lipinski definition) is 2. The van der Waals surface area contributed by atoms with Crippen molar-refractivity contribution in [3.05, 3.63) is 35.4 Å². The molecule has 1 aromatic rings. The minimum atomic E-state index is -0.300. The fraction of sp³-hybridized carbons (Fsp3) is 0.125. The van der Waals surface area contributed by atoms with Crippen LogP contribution in [0.15, 0.2) is 24.3 Å². The van der Waals surface area contributed by atoms with Gasteiger partial charge in [-0.05, 0) is 19.1 Å². The molecule has 0 heterocycles. The molecule has 0 amide bonds. The molecule has 0 bridgehead atoms. The van der Waals surface area contributed by atoms with Crippen molar-refractivity contribution in [1.29, 1.82) is 0 Å². The van der Waals surface area contributed by atoms with Gasteiger partial charge < -0.3 is 3.07 Å². The van der Waals surface area contributed by atoms with E-state index in [1.54, 1.807) is 35.1 Å². The highest BCUT2D eigenvalue weighted by molar-refractivity contribution is 14.1. The first-order valence-corrected chi connectivity index (χ1v) is 4.01. The maximum Gasteiger partial charge on any atom is 0.347 e. The van der Waals surface area contributed by atoms with Crippen molar-refractivity contribution >= 4 is 29.0 Å². The van der Waals surface area contributed by atoms with Gasteiger partial charge in [-0.15, -0.1) is 0 Å². The summed E-state index contributed by atoms with van der Waals surface area (Å²) < 4.78 is 4.51. The lowest BCUT2D eigenvalue weighted by Crippen LogP contribution is -1.96. The minimum Gasteiger partial charge on any atom is -0.391 e. The monoisotopic (exact) mass is 262 g/mol. The van der Waals surface area contributed by atoms with E-state index in [1.165, 1.54) is 0 Å². The Morgan fingerprint density at radius 3 is 2.36 bits per heavy atom. The van der Waals surface area contributed by atoms with E-state index in [0.717, 1.165) is 5.56 Å². The van der Waals surface area contributed by atoms with Crippen LogP contribution >= 0.6 is 23.0 Å². The fourth-order valence-corrected chi connectivity index (χ4v) is 0.988. The van der Waals surface area contributed by atoms with Crippen LogP contribution in [0.1, 0.15) is 15.9 Å². The van der Waals surface area contributed by atoms with E-state index >= 15 is 0 Å². The van der Waals surface area contributed by atoms with E-state index in [2.05, 4.69) is 3.07 Å². The molecule has 0 atom stereocenters. The molecule has 0 unspecified atom stereocenters. The highest BCUT2D eigenvalue weighted by Crippen LogP contribution is 2.06. The Balaban J connectivity index is 2.90. The van der Waals surface area contributed by atoms with Gasteiger partial charge in [-0.2, -0.15) is 0 Å². The molecular formula is C8H7IO2. The van der Waals surface area contributed by atoms with Crippen LogP contribution in [0.4, 0.5) is 0 Å². The molecule has 0 aliphatic heterocycles. The van der Waals surface area contributed by atoms with Crippen LogP contribution in [0, 0.1) is 6.92 Å². The molecule has 0 aromatic heterocycles. The van der Waals surface area contributed by atoms with Gasteiger partial charge in [-0.1, -0.05) is 17.7 Å². The molecule has 58 valence electrons. The number of aryl methyl sites for hydroxylation is 1. The second-order valence-electron chi connectivity index (χ2n) is 2.23. The molecule has 1 rings (SSSR count). The van der Waals surface area contributed by atoms with E-state index < -0.39 is 0 Å². The van der Waals surface area contributed by atoms with Gasteiger partial charge in [0.1, 0.15) is 0 Å². The van der Waals surface area contributed by atoms with Gasteiger partial charge in [0.15, 0.2) is 23.0 Å². The lowest BCUT2D eigenvalue weighted by Gasteiger charge is -1.96. The third-order valence-electron chi connectivity index (χ3n) is 1.36. The summed E-state index contributed by atoms with van der Waals surface area (Å²) >= 11 is 1.58. The zero-order valence-corrected chi connectivity index (χ0v) is 8.16. The van der Waals surface area contributed by atoms with Crippen molar-refractivity contribution in [2.45, 2.75) is 6.92 Å². The van der Waals surface area contributed by atoms with Crippen molar-refractivity contribution in [3.63, 3.8) is 0 Å². The summed E-state index contributed by atoms with van der Waals surface area (Å²) in [6, 6.07) is 7.25. The Bertz CT molecular complexity index is 253. The summed E-state index contributed by atoms with van der Waals surface area (Å²) in [6.45, 7) is 1.97. The summed E-state index contributed by atoms with van der Waals surface area (Å²) in [4.78, 5) is 10.9. The molecule has 0 spiro atoms. The predicted octanol–water partition coefficient (Wildman–Crippen LogP) is 2.50. The molecule has 11 heavy (non-hydrogen) atoms. The lowest BCUT2D eigenvalue weighted by molar-refractivity contribution is 0.0800. The Morgan fingerprint density at radius 1 is 1.36 bits per heavy atom. The summed E-state index contributed by atoms with van der Waals surface area (Å²) in [7, 11) is 0. The second-order valence-corrected chi connectivity index (χ2v) is 2.67. The van der Waals surface area contributed by atoms with Crippen molar-refractivity contribution < 1.29 is 7.86 Å². The number of carbonyl (C=O) groups is 1. The maximum atomic E-state index is 10.9. The number of rotatable bonds is 1. The van der Waals surface area contributed by atoms with Gasteiger partial charge in [-0.25, -0.2) is 4.79 Å². The maximum absolute atomic E-state index is 10.9.